The smallest absolute Gasteiger partial charge is 0.254 e. The van der Waals surface area contributed by atoms with Gasteiger partial charge >= 0.3 is 0 Å². The molecule has 1 heterocycles. The van der Waals surface area contributed by atoms with E-state index in [9.17, 15) is 9.90 Å². The van der Waals surface area contributed by atoms with E-state index in [1.165, 1.54) is 0 Å². The summed E-state index contributed by atoms with van der Waals surface area (Å²) in [7, 11) is 0. The zero-order valence-electron chi connectivity index (χ0n) is 12.5. The molecule has 1 fully saturated rings. The van der Waals surface area contributed by atoms with E-state index in [0.29, 0.717) is 18.7 Å². The fraction of sp³-hybridized carbons (Fsp3) is 0.412. The van der Waals surface area contributed by atoms with Gasteiger partial charge in [0.15, 0.2) is 0 Å². The van der Waals surface area contributed by atoms with Gasteiger partial charge in [0.05, 0.1) is 24.4 Å². The van der Waals surface area contributed by atoms with Gasteiger partial charge in [-0.05, 0) is 18.4 Å². The second kappa shape index (κ2) is 6.75. The lowest BCUT2D eigenvalue weighted by Crippen LogP contribution is -2.32. The normalized spacial score (nSPS) is 21.0. The zero-order valence-corrected chi connectivity index (χ0v) is 12.5. The number of hydrogen-bond donors (Lipinski definition) is 2. The molecule has 0 bridgehead atoms. The number of carbonyl (C=O) groups excluding carboxylic acids is 1. The number of aliphatic hydroxyl groups excluding tert-OH is 1. The topological polar surface area (TPSA) is 67.2 Å². The van der Waals surface area contributed by atoms with E-state index in [4.69, 9.17) is 0 Å². The highest BCUT2D eigenvalue weighted by molar-refractivity contribution is 5.93. The van der Waals surface area contributed by atoms with Gasteiger partial charge in [0, 0.05) is 18.7 Å². The predicted octanol–water partition coefficient (Wildman–Crippen LogP) is 1.82. The predicted molar refractivity (Wildman–Crippen MR) is 83.5 cm³/mol. The molecule has 2 atom stereocenters. The molecular formula is C17H21N3O2. The maximum atomic E-state index is 12.1. The van der Waals surface area contributed by atoms with Gasteiger partial charge < -0.3 is 10.4 Å². The van der Waals surface area contributed by atoms with E-state index in [1.807, 2.05) is 30.3 Å². The van der Waals surface area contributed by atoms with Crippen LogP contribution in [0, 0.1) is 5.92 Å². The lowest BCUT2D eigenvalue weighted by molar-refractivity contribution is 0.0916. The number of hydrogen-bond acceptors (Lipinski definition) is 3. The molecule has 0 spiro atoms. The van der Waals surface area contributed by atoms with Crippen LogP contribution in [-0.4, -0.2) is 33.4 Å². The molecule has 2 aromatic rings. The Kier molecular flexibility index (Phi) is 4.53. The SMILES string of the molecule is O=C(NCC1CCCC1O)c1cnn(Cc2ccccc2)c1. The minimum absolute atomic E-state index is 0.126. The Balaban J connectivity index is 1.55. The molecule has 22 heavy (non-hydrogen) atoms. The van der Waals surface area contributed by atoms with Gasteiger partial charge in [-0.25, -0.2) is 0 Å². The van der Waals surface area contributed by atoms with Gasteiger partial charge in [-0.1, -0.05) is 36.8 Å². The summed E-state index contributed by atoms with van der Waals surface area (Å²) in [6.45, 7) is 1.18. The fourth-order valence-electron chi connectivity index (χ4n) is 2.92. The molecule has 2 N–H and O–H groups in total. The highest BCUT2D eigenvalue weighted by Crippen LogP contribution is 2.24. The van der Waals surface area contributed by atoms with E-state index < -0.39 is 0 Å². The van der Waals surface area contributed by atoms with Crippen molar-refractivity contribution >= 4 is 5.91 Å². The summed E-state index contributed by atoms with van der Waals surface area (Å²) < 4.78 is 1.76. The van der Waals surface area contributed by atoms with Crippen molar-refractivity contribution in [2.75, 3.05) is 6.54 Å². The lowest BCUT2D eigenvalue weighted by Gasteiger charge is -2.14. The Hall–Kier alpha value is -2.14. The summed E-state index contributed by atoms with van der Waals surface area (Å²) in [4.78, 5) is 12.1. The zero-order chi connectivity index (χ0) is 15.4. The molecule has 0 radical (unpaired) electrons. The molecule has 1 aromatic carbocycles. The van der Waals surface area contributed by atoms with Crippen molar-refractivity contribution < 1.29 is 9.90 Å². The van der Waals surface area contributed by atoms with Crippen molar-refractivity contribution in [1.82, 2.24) is 15.1 Å². The highest BCUT2D eigenvalue weighted by atomic mass is 16.3. The van der Waals surface area contributed by atoms with Crippen LogP contribution < -0.4 is 5.32 Å². The Morgan fingerprint density at radius 3 is 2.86 bits per heavy atom. The summed E-state index contributed by atoms with van der Waals surface area (Å²) >= 11 is 0. The van der Waals surface area contributed by atoms with Crippen LogP contribution in [0.4, 0.5) is 0 Å². The van der Waals surface area contributed by atoms with Gasteiger partial charge in [0.1, 0.15) is 0 Å². The first kappa shape index (κ1) is 14.8. The molecule has 1 saturated carbocycles. The van der Waals surface area contributed by atoms with Gasteiger partial charge in [0.25, 0.3) is 5.91 Å². The van der Waals surface area contributed by atoms with E-state index in [0.717, 1.165) is 24.8 Å². The van der Waals surface area contributed by atoms with Crippen molar-refractivity contribution in [2.45, 2.75) is 31.9 Å². The number of benzene rings is 1. The molecule has 0 aliphatic heterocycles. The third-order valence-corrected chi connectivity index (χ3v) is 4.23. The molecule has 3 rings (SSSR count). The number of aromatic nitrogens is 2. The van der Waals surface area contributed by atoms with Crippen LogP contribution >= 0.6 is 0 Å². The van der Waals surface area contributed by atoms with Crippen LogP contribution in [0.3, 0.4) is 0 Å². The fourth-order valence-corrected chi connectivity index (χ4v) is 2.92. The summed E-state index contributed by atoms with van der Waals surface area (Å²) in [6, 6.07) is 10.0. The monoisotopic (exact) mass is 299 g/mol. The van der Waals surface area contributed by atoms with Crippen molar-refractivity contribution in [2.24, 2.45) is 5.92 Å². The molecular weight excluding hydrogens is 278 g/mol. The molecule has 1 aliphatic rings. The van der Waals surface area contributed by atoms with Gasteiger partial charge in [-0.15, -0.1) is 0 Å². The van der Waals surface area contributed by atoms with Crippen molar-refractivity contribution in [3.63, 3.8) is 0 Å². The van der Waals surface area contributed by atoms with Gasteiger partial charge in [-0.2, -0.15) is 5.10 Å². The van der Waals surface area contributed by atoms with Crippen LogP contribution in [0.5, 0.6) is 0 Å². The molecule has 1 aliphatic carbocycles. The van der Waals surface area contributed by atoms with Crippen LogP contribution in [0.25, 0.3) is 0 Å². The van der Waals surface area contributed by atoms with E-state index >= 15 is 0 Å². The number of nitrogens with zero attached hydrogens (tertiary/aromatic N) is 2. The second-order valence-electron chi connectivity index (χ2n) is 5.88. The van der Waals surface area contributed by atoms with Crippen molar-refractivity contribution in [1.29, 1.82) is 0 Å². The quantitative estimate of drug-likeness (QED) is 0.885. The molecule has 5 nitrogen and oxygen atoms in total. The van der Waals surface area contributed by atoms with E-state index in [-0.39, 0.29) is 17.9 Å². The maximum Gasteiger partial charge on any atom is 0.254 e. The van der Waals surface area contributed by atoms with Crippen LogP contribution in [0.15, 0.2) is 42.7 Å². The molecule has 0 saturated heterocycles. The third kappa shape index (κ3) is 3.54. The minimum Gasteiger partial charge on any atom is -0.393 e. The summed E-state index contributed by atoms with van der Waals surface area (Å²) in [5.41, 5.74) is 1.70. The number of aliphatic hydroxyl groups is 1. The van der Waals surface area contributed by atoms with E-state index in [2.05, 4.69) is 10.4 Å². The van der Waals surface area contributed by atoms with Gasteiger partial charge in [0.2, 0.25) is 0 Å². The lowest BCUT2D eigenvalue weighted by atomic mass is 10.1. The molecule has 2 unspecified atom stereocenters. The first-order valence-electron chi connectivity index (χ1n) is 7.75. The molecule has 116 valence electrons. The van der Waals surface area contributed by atoms with Crippen LogP contribution in [-0.2, 0) is 6.54 Å². The largest absolute Gasteiger partial charge is 0.393 e. The van der Waals surface area contributed by atoms with Crippen LogP contribution in [0.1, 0.15) is 35.2 Å². The molecule has 1 amide bonds. The van der Waals surface area contributed by atoms with Crippen molar-refractivity contribution in [3.05, 3.63) is 53.9 Å². The van der Waals surface area contributed by atoms with Crippen molar-refractivity contribution in [3.8, 4) is 0 Å². The Morgan fingerprint density at radius 1 is 1.32 bits per heavy atom. The van der Waals surface area contributed by atoms with Gasteiger partial charge in [-0.3, -0.25) is 9.48 Å². The Bertz CT molecular complexity index is 624. The first-order chi connectivity index (χ1) is 10.7. The second-order valence-corrected chi connectivity index (χ2v) is 5.88. The summed E-state index contributed by atoms with van der Waals surface area (Å²) in [5, 5.41) is 16.9. The Morgan fingerprint density at radius 2 is 2.14 bits per heavy atom. The highest BCUT2D eigenvalue weighted by Gasteiger charge is 2.25. The summed E-state index contributed by atoms with van der Waals surface area (Å²) in [5.74, 6) is 0.0572. The number of carbonyl (C=O) groups is 1. The summed E-state index contributed by atoms with van der Waals surface area (Å²) in [6.07, 6.45) is 5.93. The maximum absolute atomic E-state index is 12.1. The number of nitrogens with one attached hydrogen (secondary N) is 1. The third-order valence-electron chi connectivity index (χ3n) is 4.23. The Labute approximate surface area is 130 Å². The average Bonchev–Trinajstić information content (AvgIpc) is 3.15. The molecule has 1 aromatic heterocycles. The van der Waals surface area contributed by atoms with E-state index in [1.54, 1.807) is 17.1 Å². The number of amides is 1. The average molecular weight is 299 g/mol. The standard InChI is InChI=1S/C17H21N3O2/c21-16-8-4-7-14(16)9-18-17(22)15-10-19-20(12-15)11-13-5-2-1-3-6-13/h1-3,5-6,10,12,14,16,21H,4,7-9,11H2,(H,18,22). The minimum atomic E-state index is -0.277. The first-order valence-corrected chi connectivity index (χ1v) is 7.75. The number of rotatable bonds is 5. The van der Waals surface area contributed by atoms with Crippen LogP contribution in [0.2, 0.25) is 0 Å². The molecule has 5 heteroatoms.